The number of benzene rings is 1. The van der Waals surface area contributed by atoms with Crippen molar-refractivity contribution in [1.82, 2.24) is 9.13 Å². The molecular formula is C10H11FN2O2. The summed E-state index contributed by atoms with van der Waals surface area (Å²) < 4.78 is 16.1. The molecule has 15 heavy (non-hydrogen) atoms. The van der Waals surface area contributed by atoms with Gasteiger partial charge in [0.15, 0.2) is 0 Å². The predicted molar refractivity (Wildman–Crippen MR) is 54.2 cm³/mol. The van der Waals surface area contributed by atoms with Gasteiger partial charge in [-0.1, -0.05) is 6.07 Å². The van der Waals surface area contributed by atoms with Crippen LogP contribution in [0.2, 0.25) is 0 Å². The molecule has 0 spiro atoms. The van der Waals surface area contributed by atoms with Crippen molar-refractivity contribution >= 4 is 11.0 Å². The molecule has 0 aliphatic rings. The summed E-state index contributed by atoms with van der Waals surface area (Å²) in [5.41, 5.74) is 0.469. The molecule has 0 saturated carbocycles. The van der Waals surface area contributed by atoms with E-state index in [0.29, 0.717) is 5.52 Å². The van der Waals surface area contributed by atoms with Crippen molar-refractivity contribution in [3.63, 3.8) is 0 Å². The van der Waals surface area contributed by atoms with Crippen LogP contribution in [0, 0.1) is 5.82 Å². The van der Waals surface area contributed by atoms with E-state index in [1.165, 1.54) is 22.2 Å². The maximum Gasteiger partial charge on any atom is 0.328 e. The minimum Gasteiger partial charge on any atom is -0.395 e. The van der Waals surface area contributed by atoms with Gasteiger partial charge in [0, 0.05) is 7.05 Å². The third kappa shape index (κ3) is 1.35. The maximum atomic E-state index is 13.4. The molecular weight excluding hydrogens is 199 g/mol. The summed E-state index contributed by atoms with van der Waals surface area (Å²) in [6, 6.07) is 4.52. The molecule has 0 aliphatic carbocycles. The lowest BCUT2D eigenvalue weighted by Crippen LogP contribution is -2.23. The van der Waals surface area contributed by atoms with Gasteiger partial charge < -0.3 is 5.11 Å². The molecule has 0 atom stereocenters. The zero-order valence-electron chi connectivity index (χ0n) is 8.27. The van der Waals surface area contributed by atoms with Crippen molar-refractivity contribution < 1.29 is 9.50 Å². The zero-order chi connectivity index (χ0) is 11.0. The Balaban J connectivity index is 2.87. The number of hydrogen-bond donors (Lipinski definition) is 1. The highest BCUT2D eigenvalue weighted by Crippen LogP contribution is 2.15. The Morgan fingerprint density at radius 2 is 2.20 bits per heavy atom. The van der Waals surface area contributed by atoms with Gasteiger partial charge >= 0.3 is 5.69 Å². The minimum atomic E-state index is -0.427. The number of nitrogens with zero attached hydrogens (tertiary/aromatic N) is 2. The van der Waals surface area contributed by atoms with Crippen LogP contribution in [-0.2, 0) is 13.6 Å². The van der Waals surface area contributed by atoms with Crippen LogP contribution in [0.3, 0.4) is 0 Å². The Kier molecular flexibility index (Phi) is 2.32. The fourth-order valence-corrected chi connectivity index (χ4v) is 1.75. The first-order valence-corrected chi connectivity index (χ1v) is 4.61. The van der Waals surface area contributed by atoms with Crippen LogP contribution in [-0.4, -0.2) is 20.8 Å². The molecule has 1 aromatic carbocycles. The van der Waals surface area contributed by atoms with E-state index < -0.39 is 5.82 Å². The van der Waals surface area contributed by atoms with Crippen LogP contribution >= 0.6 is 0 Å². The van der Waals surface area contributed by atoms with Crippen molar-refractivity contribution in [2.45, 2.75) is 6.54 Å². The van der Waals surface area contributed by atoms with Gasteiger partial charge in [0.2, 0.25) is 0 Å². The second-order valence-electron chi connectivity index (χ2n) is 3.32. The molecule has 0 unspecified atom stereocenters. The summed E-state index contributed by atoms with van der Waals surface area (Å²) in [5.74, 6) is -0.427. The SMILES string of the molecule is Cn1c(=O)n(CCO)c2cccc(F)c21. The molecule has 0 amide bonds. The lowest BCUT2D eigenvalue weighted by Gasteiger charge is -1.98. The Morgan fingerprint density at radius 3 is 2.87 bits per heavy atom. The number of fused-ring (bicyclic) bond motifs is 1. The number of aryl methyl sites for hydroxylation is 1. The van der Waals surface area contributed by atoms with Crippen molar-refractivity contribution in [1.29, 1.82) is 0 Å². The van der Waals surface area contributed by atoms with Crippen molar-refractivity contribution in [2.75, 3.05) is 6.61 Å². The lowest BCUT2D eigenvalue weighted by molar-refractivity contribution is 0.275. The van der Waals surface area contributed by atoms with Crippen molar-refractivity contribution in [3.05, 3.63) is 34.5 Å². The van der Waals surface area contributed by atoms with E-state index in [1.807, 2.05) is 0 Å². The second-order valence-corrected chi connectivity index (χ2v) is 3.32. The number of aliphatic hydroxyl groups is 1. The minimum absolute atomic E-state index is 0.143. The predicted octanol–water partition coefficient (Wildman–Crippen LogP) is 0.471. The van der Waals surface area contributed by atoms with Gasteiger partial charge in [0.25, 0.3) is 0 Å². The molecule has 0 saturated heterocycles. The van der Waals surface area contributed by atoms with Crippen LogP contribution in [0.15, 0.2) is 23.0 Å². The smallest absolute Gasteiger partial charge is 0.328 e. The van der Waals surface area contributed by atoms with Gasteiger partial charge in [-0.25, -0.2) is 9.18 Å². The summed E-state index contributed by atoms with van der Waals surface area (Å²) in [4.78, 5) is 11.7. The standard InChI is InChI=1S/C10H11FN2O2/c1-12-9-7(11)3-2-4-8(9)13(5-6-14)10(12)15/h2-4,14H,5-6H2,1H3. The Bertz CT molecular complexity index is 556. The van der Waals surface area contributed by atoms with Gasteiger partial charge in [0.05, 0.1) is 18.7 Å². The van der Waals surface area contributed by atoms with E-state index in [0.717, 1.165) is 0 Å². The normalized spacial score (nSPS) is 11.1. The first kappa shape index (κ1) is 9.92. The number of rotatable bonds is 2. The molecule has 2 aromatic rings. The summed E-state index contributed by atoms with van der Waals surface area (Å²) in [7, 11) is 1.52. The molecule has 1 heterocycles. The summed E-state index contributed by atoms with van der Waals surface area (Å²) in [6.45, 7) is 0.0369. The molecule has 5 heteroatoms. The summed E-state index contributed by atoms with van der Waals surface area (Å²) >= 11 is 0. The van der Waals surface area contributed by atoms with Gasteiger partial charge in [-0.2, -0.15) is 0 Å². The average Bonchev–Trinajstić information content (AvgIpc) is 2.45. The van der Waals surface area contributed by atoms with E-state index in [4.69, 9.17) is 5.11 Å². The first-order chi connectivity index (χ1) is 7.16. The van der Waals surface area contributed by atoms with E-state index in [9.17, 15) is 9.18 Å². The number of aromatic nitrogens is 2. The highest BCUT2D eigenvalue weighted by molar-refractivity contribution is 5.76. The molecule has 4 nitrogen and oxygen atoms in total. The van der Waals surface area contributed by atoms with E-state index in [1.54, 1.807) is 12.1 Å². The van der Waals surface area contributed by atoms with Crippen molar-refractivity contribution in [3.8, 4) is 0 Å². The number of aliphatic hydroxyl groups excluding tert-OH is 1. The fourth-order valence-electron chi connectivity index (χ4n) is 1.75. The van der Waals surface area contributed by atoms with Crippen molar-refractivity contribution in [2.24, 2.45) is 7.05 Å². The van der Waals surface area contributed by atoms with Gasteiger partial charge in [-0.15, -0.1) is 0 Å². The number of imidazole rings is 1. The molecule has 80 valence electrons. The number of halogens is 1. The largest absolute Gasteiger partial charge is 0.395 e. The number of para-hydroxylation sites is 1. The number of hydrogen-bond acceptors (Lipinski definition) is 2. The van der Waals surface area contributed by atoms with Gasteiger partial charge in [-0.05, 0) is 12.1 Å². The first-order valence-electron chi connectivity index (χ1n) is 4.61. The van der Waals surface area contributed by atoms with Crippen LogP contribution in [0.1, 0.15) is 0 Å². The summed E-state index contributed by atoms with van der Waals surface area (Å²) in [5, 5.41) is 8.82. The molecule has 1 aromatic heterocycles. The topological polar surface area (TPSA) is 47.2 Å². The molecule has 0 bridgehead atoms. The van der Waals surface area contributed by atoms with E-state index in [2.05, 4.69) is 0 Å². The zero-order valence-corrected chi connectivity index (χ0v) is 8.27. The quantitative estimate of drug-likeness (QED) is 0.783. The summed E-state index contributed by atoms with van der Waals surface area (Å²) in [6.07, 6.45) is 0. The Morgan fingerprint density at radius 1 is 1.47 bits per heavy atom. The average molecular weight is 210 g/mol. The molecule has 0 fully saturated rings. The fraction of sp³-hybridized carbons (Fsp3) is 0.300. The highest BCUT2D eigenvalue weighted by atomic mass is 19.1. The Labute approximate surface area is 85.2 Å². The van der Waals surface area contributed by atoms with Crippen LogP contribution < -0.4 is 5.69 Å². The van der Waals surface area contributed by atoms with Gasteiger partial charge in [0.1, 0.15) is 11.3 Å². The van der Waals surface area contributed by atoms with Crippen LogP contribution in [0.5, 0.6) is 0 Å². The van der Waals surface area contributed by atoms with E-state index >= 15 is 0 Å². The maximum absolute atomic E-state index is 13.4. The molecule has 1 N–H and O–H groups in total. The molecule has 0 aliphatic heterocycles. The monoisotopic (exact) mass is 210 g/mol. The third-order valence-corrected chi connectivity index (χ3v) is 2.43. The third-order valence-electron chi connectivity index (χ3n) is 2.43. The van der Waals surface area contributed by atoms with Crippen LogP contribution in [0.4, 0.5) is 4.39 Å². The molecule has 0 radical (unpaired) electrons. The molecule has 2 rings (SSSR count). The van der Waals surface area contributed by atoms with Gasteiger partial charge in [-0.3, -0.25) is 9.13 Å². The second kappa shape index (κ2) is 3.51. The lowest BCUT2D eigenvalue weighted by atomic mass is 10.3. The Hall–Kier alpha value is -1.62. The highest BCUT2D eigenvalue weighted by Gasteiger charge is 2.12. The van der Waals surface area contributed by atoms with Crippen LogP contribution in [0.25, 0.3) is 11.0 Å². The van der Waals surface area contributed by atoms with E-state index in [-0.39, 0.29) is 24.4 Å².